The Balaban J connectivity index is 2.14. The summed E-state index contributed by atoms with van der Waals surface area (Å²) in [6.45, 7) is 1.15. The maximum Gasteiger partial charge on any atom is 0.288 e. The van der Waals surface area contributed by atoms with Crippen LogP contribution in [0.15, 0.2) is 18.2 Å². The Morgan fingerprint density at radius 2 is 2.32 bits per heavy atom. The van der Waals surface area contributed by atoms with Crippen LogP contribution >= 0.6 is 11.6 Å². The van der Waals surface area contributed by atoms with Crippen molar-refractivity contribution >= 4 is 23.2 Å². The van der Waals surface area contributed by atoms with E-state index >= 15 is 0 Å². The van der Waals surface area contributed by atoms with Gasteiger partial charge in [-0.25, -0.2) is 0 Å². The number of ether oxygens (including phenoxy) is 1. The summed E-state index contributed by atoms with van der Waals surface area (Å²) in [4.78, 5) is 22.2. The maximum atomic E-state index is 12.0. The Bertz CT molecular complexity index is 501. The second-order valence-corrected chi connectivity index (χ2v) is 4.66. The Morgan fingerprint density at radius 1 is 1.53 bits per heavy atom. The molecule has 1 atom stereocenters. The minimum Gasteiger partial charge on any atom is -0.379 e. The number of benzene rings is 1. The van der Waals surface area contributed by atoms with Crippen LogP contribution in [0.5, 0.6) is 0 Å². The van der Waals surface area contributed by atoms with Gasteiger partial charge in [0.05, 0.1) is 23.1 Å². The molecular weight excluding hydrogens is 272 g/mol. The van der Waals surface area contributed by atoms with Crippen molar-refractivity contribution in [2.75, 3.05) is 13.2 Å². The Kier molecular flexibility index (Phi) is 4.34. The minimum atomic E-state index is -0.608. The van der Waals surface area contributed by atoms with Gasteiger partial charge < -0.3 is 10.1 Å². The first-order valence-electron chi connectivity index (χ1n) is 5.91. The van der Waals surface area contributed by atoms with E-state index in [0.29, 0.717) is 13.2 Å². The van der Waals surface area contributed by atoms with Crippen molar-refractivity contribution in [3.63, 3.8) is 0 Å². The molecule has 7 heteroatoms. The molecule has 1 amide bonds. The number of nitrogens with zero attached hydrogens (tertiary/aromatic N) is 1. The van der Waals surface area contributed by atoms with Gasteiger partial charge in [-0.1, -0.05) is 17.7 Å². The van der Waals surface area contributed by atoms with Crippen LogP contribution in [-0.2, 0) is 4.74 Å². The van der Waals surface area contributed by atoms with Crippen molar-refractivity contribution in [1.29, 1.82) is 0 Å². The summed E-state index contributed by atoms with van der Waals surface area (Å²) in [6, 6.07) is 4.10. The van der Waals surface area contributed by atoms with E-state index < -0.39 is 10.8 Å². The number of nitro groups is 1. The highest BCUT2D eigenvalue weighted by Gasteiger charge is 2.22. The highest BCUT2D eigenvalue weighted by molar-refractivity contribution is 6.35. The molecule has 0 aromatic heterocycles. The van der Waals surface area contributed by atoms with Gasteiger partial charge in [0.15, 0.2) is 0 Å². The molecule has 1 N–H and O–H groups in total. The summed E-state index contributed by atoms with van der Waals surface area (Å²) >= 11 is 5.88. The fourth-order valence-corrected chi connectivity index (χ4v) is 2.23. The summed E-state index contributed by atoms with van der Waals surface area (Å²) in [5.41, 5.74) is -0.157. The van der Waals surface area contributed by atoms with Crippen LogP contribution in [0.3, 0.4) is 0 Å². The van der Waals surface area contributed by atoms with Crippen LogP contribution in [0.4, 0.5) is 5.69 Å². The molecule has 1 aromatic rings. The van der Waals surface area contributed by atoms with E-state index in [0.717, 1.165) is 12.8 Å². The standard InChI is InChI=1S/C12H13ClN2O4/c13-11-9(4-1-5-10(11)15(17)18)12(16)14-8-3-2-6-19-7-8/h1,4-5,8H,2-3,6-7H2,(H,14,16). The monoisotopic (exact) mass is 284 g/mol. The third kappa shape index (κ3) is 3.21. The molecule has 1 fully saturated rings. The van der Waals surface area contributed by atoms with E-state index in [4.69, 9.17) is 16.3 Å². The predicted octanol–water partition coefficient (Wildman–Crippen LogP) is 2.16. The first-order chi connectivity index (χ1) is 9.09. The molecule has 0 spiro atoms. The lowest BCUT2D eigenvalue weighted by atomic mass is 10.1. The lowest BCUT2D eigenvalue weighted by Gasteiger charge is -2.23. The predicted molar refractivity (Wildman–Crippen MR) is 69.4 cm³/mol. The molecule has 102 valence electrons. The van der Waals surface area contributed by atoms with E-state index in [1.807, 2.05) is 0 Å². The van der Waals surface area contributed by atoms with Crippen molar-refractivity contribution < 1.29 is 14.5 Å². The number of halogens is 1. The number of hydrogen-bond acceptors (Lipinski definition) is 4. The van der Waals surface area contributed by atoms with Crippen molar-refractivity contribution in [1.82, 2.24) is 5.32 Å². The van der Waals surface area contributed by atoms with Crippen LogP contribution < -0.4 is 5.32 Å². The lowest BCUT2D eigenvalue weighted by molar-refractivity contribution is -0.384. The normalized spacial score (nSPS) is 18.9. The maximum absolute atomic E-state index is 12.0. The minimum absolute atomic E-state index is 0.0726. The number of nitro benzene ring substituents is 1. The summed E-state index contributed by atoms with van der Waals surface area (Å²) in [5.74, 6) is -0.413. The topological polar surface area (TPSA) is 81.5 Å². The molecule has 0 radical (unpaired) electrons. The van der Waals surface area contributed by atoms with E-state index in [-0.39, 0.29) is 22.3 Å². The van der Waals surface area contributed by atoms with Gasteiger partial charge in [-0.2, -0.15) is 0 Å². The van der Waals surface area contributed by atoms with Crippen molar-refractivity contribution in [3.8, 4) is 0 Å². The Morgan fingerprint density at radius 3 is 2.95 bits per heavy atom. The summed E-state index contributed by atoms with van der Waals surface area (Å²) in [6.07, 6.45) is 1.71. The number of carbonyl (C=O) groups is 1. The van der Waals surface area contributed by atoms with Crippen molar-refractivity contribution in [2.45, 2.75) is 18.9 Å². The second-order valence-electron chi connectivity index (χ2n) is 4.28. The molecule has 1 aliphatic rings. The average Bonchev–Trinajstić information content (AvgIpc) is 2.39. The van der Waals surface area contributed by atoms with Gasteiger partial charge >= 0.3 is 0 Å². The fraction of sp³-hybridized carbons (Fsp3) is 0.417. The van der Waals surface area contributed by atoms with E-state index in [2.05, 4.69) is 5.32 Å². The van der Waals surface area contributed by atoms with Gasteiger partial charge in [0, 0.05) is 12.7 Å². The molecule has 0 bridgehead atoms. The van der Waals surface area contributed by atoms with E-state index in [1.54, 1.807) is 0 Å². The van der Waals surface area contributed by atoms with Crippen LogP contribution in [0.2, 0.25) is 5.02 Å². The van der Waals surface area contributed by atoms with Gasteiger partial charge in [-0.05, 0) is 18.9 Å². The SMILES string of the molecule is O=C(NC1CCCOC1)c1cccc([N+](=O)[O-])c1Cl. The summed E-state index contributed by atoms with van der Waals surface area (Å²) < 4.78 is 5.26. The second kappa shape index (κ2) is 5.99. The molecule has 1 unspecified atom stereocenters. The van der Waals surface area contributed by atoms with Crippen LogP contribution in [0, 0.1) is 10.1 Å². The number of carbonyl (C=O) groups excluding carboxylic acids is 1. The lowest BCUT2D eigenvalue weighted by Crippen LogP contribution is -2.40. The van der Waals surface area contributed by atoms with E-state index in [9.17, 15) is 14.9 Å². The molecule has 2 rings (SSSR count). The number of hydrogen-bond donors (Lipinski definition) is 1. The highest BCUT2D eigenvalue weighted by atomic mass is 35.5. The van der Waals surface area contributed by atoms with Crippen LogP contribution in [0.1, 0.15) is 23.2 Å². The number of amides is 1. The highest BCUT2D eigenvalue weighted by Crippen LogP contribution is 2.27. The zero-order valence-electron chi connectivity index (χ0n) is 10.1. The van der Waals surface area contributed by atoms with Gasteiger partial charge in [-0.15, -0.1) is 0 Å². The summed E-state index contributed by atoms with van der Waals surface area (Å²) in [7, 11) is 0. The molecule has 1 heterocycles. The van der Waals surface area contributed by atoms with Gasteiger partial charge in [-0.3, -0.25) is 14.9 Å². The van der Waals surface area contributed by atoms with E-state index in [1.165, 1.54) is 18.2 Å². The van der Waals surface area contributed by atoms with Gasteiger partial charge in [0.2, 0.25) is 0 Å². The summed E-state index contributed by atoms with van der Waals surface area (Å²) in [5, 5.41) is 13.4. The smallest absolute Gasteiger partial charge is 0.288 e. The number of rotatable bonds is 3. The molecule has 0 aliphatic carbocycles. The number of nitrogens with one attached hydrogen (secondary N) is 1. The molecule has 0 saturated carbocycles. The molecule has 19 heavy (non-hydrogen) atoms. The third-order valence-electron chi connectivity index (χ3n) is 2.92. The van der Waals surface area contributed by atoms with Crippen LogP contribution in [0.25, 0.3) is 0 Å². The largest absolute Gasteiger partial charge is 0.379 e. The zero-order valence-corrected chi connectivity index (χ0v) is 10.9. The molecule has 1 aromatic carbocycles. The zero-order chi connectivity index (χ0) is 13.8. The van der Waals surface area contributed by atoms with Crippen LogP contribution in [-0.4, -0.2) is 30.1 Å². The Labute approximate surface area is 114 Å². The molecule has 1 saturated heterocycles. The first-order valence-corrected chi connectivity index (χ1v) is 6.29. The first kappa shape index (κ1) is 13.8. The molecular formula is C12H13ClN2O4. The quantitative estimate of drug-likeness (QED) is 0.681. The molecule has 1 aliphatic heterocycles. The Hall–Kier alpha value is -1.66. The fourth-order valence-electron chi connectivity index (χ4n) is 1.95. The molecule has 6 nitrogen and oxygen atoms in total. The van der Waals surface area contributed by atoms with Gasteiger partial charge in [0.1, 0.15) is 5.02 Å². The van der Waals surface area contributed by atoms with Gasteiger partial charge in [0.25, 0.3) is 11.6 Å². The van der Waals surface area contributed by atoms with Crippen molar-refractivity contribution in [3.05, 3.63) is 38.9 Å². The third-order valence-corrected chi connectivity index (χ3v) is 3.31. The average molecular weight is 285 g/mol. The van der Waals surface area contributed by atoms with Crippen molar-refractivity contribution in [2.24, 2.45) is 0 Å².